The Morgan fingerprint density at radius 2 is 1.80 bits per heavy atom. The van der Waals surface area contributed by atoms with E-state index in [1.54, 1.807) is 6.20 Å². The van der Waals surface area contributed by atoms with E-state index in [9.17, 15) is 0 Å². The Bertz CT molecular complexity index is 1160. The Labute approximate surface area is 182 Å². The molecule has 0 radical (unpaired) electrons. The average Bonchev–Trinajstić information content (AvgIpc) is 3.51. The van der Waals surface area contributed by atoms with Gasteiger partial charge in [-0.2, -0.15) is 10.1 Å². The van der Waals surface area contributed by atoms with Crippen molar-refractivity contribution in [2.75, 3.05) is 10.6 Å². The number of aromatic amines is 1. The van der Waals surface area contributed by atoms with Gasteiger partial charge in [0.15, 0.2) is 11.6 Å². The molecule has 2 heterocycles. The van der Waals surface area contributed by atoms with E-state index in [0.717, 1.165) is 33.2 Å². The molecule has 0 spiro atoms. The molecule has 0 saturated heterocycles. The van der Waals surface area contributed by atoms with Crippen LogP contribution in [-0.4, -0.2) is 20.2 Å². The molecule has 1 fully saturated rings. The van der Waals surface area contributed by atoms with E-state index in [0.29, 0.717) is 17.7 Å². The standard InChI is InChI=1S/C22H19BrN6O/c23-18-13-24-22(27-21(18)26-20-12-19(28-29-20)14-9-10-14)25-15-5-4-8-17(11-15)30-16-6-2-1-3-7-16/h1-8,11-14H,9-10H2,(H3,24,25,26,27,28,29). The zero-order valence-electron chi connectivity index (χ0n) is 16.0. The predicted octanol–water partition coefficient (Wildman–Crippen LogP) is 6.12. The lowest BCUT2D eigenvalue weighted by atomic mass is 10.3. The second-order valence-electron chi connectivity index (χ2n) is 7.07. The van der Waals surface area contributed by atoms with Crippen molar-refractivity contribution in [1.82, 2.24) is 20.2 Å². The van der Waals surface area contributed by atoms with E-state index in [-0.39, 0.29) is 0 Å². The molecule has 7 nitrogen and oxygen atoms in total. The summed E-state index contributed by atoms with van der Waals surface area (Å²) in [6.45, 7) is 0. The molecule has 1 aliphatic rings. The number of rotatable bonds is 7. The lowest BCUT2D eigenvalue weighted by Gasteiger charge is -2.10. The van der Waals surface area contributed by atoms with Crippen LogP contribution < -0.4 is 15.4 Å². The van der Waals surface area contributed by atoms with Crippen molar-refractivity contribution in [1.29, 1.82) is 0 Å². The summed E-state index contributed by atoms with van der Waals surface area (Å²) in [6, 6.07) is 19.4. The minimum Gasteiger partial charge on any atom is -0.457 e. The van der Waals surface area contributed by atoms with Gasteiger partial charge in [-0.15, -0.1) is 0 Å². The van der Waals surface area contributed by atoms with Gasteiger partial charge in [0.25, 0.3) is 0 Å². The molecule has 2 aromatic heterocycles. The second-order valence-corrected chi connectivity index (χ2v) is 7.92. The Morgan fingerprint density at radius 3 is 2.63 bits per heavy atom. The van der Waals surface area contributed by atoms with Gasteiger partial charge in [0.1, 0.15) is 11.5 Å². The summed E-state index contributed by atoms with van der Waals surface area (Å²) in [6.07, 6.45) is 4.15. The lowest BCUT2D eigenvalue weighted by Crippen LogP contribution is -2.02. The van der Waals surface area contributed by atoms with Gasteiger partial charge in [-0.3, -0.25) is 5.10 Å². The molecule has 1 saturated carbocycles. The van der Waals surface area contributed by atoms with Crippen molar-refractivity contribution in [2.45, 2.75) is 18.8 Å². The Morgan fingerprint density at radius 1 is 0.967 bits per heavy atom. The third kappa shape index (κ3) is 4.44. The maximum Gasteiger partial charge on any atom is 0.229 e. The van der Waals surface area contributed by atoms with Crippen molar-refractivity contribution in [3.05, 3.63) is 77.0 Å². The van der Waals surface area contributed by atoms with E-state index >= 15 is 0 Å². The summed E-state index contributed by atoms with van der Waals surface area (Å²) >= 11 is 3.50. The first-order valence-electron chi connectivity index (χ1n) is 9.68. The van der Waals surface area contributed by atoms with Crippen molar-refractivity contribution in [3.63, 3.8) is 0 Å². The fraction of sp³-hybridized carbons (Fsp3) is 0.136. The van der Waals surface area contributed by atoms with Gasteiger partial charge in [-0.25, -0.2) is 4.98 Å². The number of hydrogen-bond acceptors (Lipinski definition) is 6. The molecule has 1 aliphatic carbocycles. The molecule has 0 atom stereocenters. The Hall–Kier alpha value is -3.39. The van der Waals surface area contributed by atoms with Crippen LogP contribution in [0.5, 0.6) is 11.5 Å². The zero-order chi connectivity index (χ0) is 20.3. The third-order valence-corrected chi connectivity index (χ3v) is 5.25. The molecule has 8 heteroatoms. The fourth-order valence-electron chi connectivity index (χ4n) is 3.03. The van der Waals surface area contributed by atoms with Crippen LogP contribution in [0.4, 0.5) is 23.3 Å². The molecule has 3 N–H and O–H groups in total. The van der Waals surface area contributed by atoms with Gasteiger partial charge in [0.05, 0.1) is 4.47 Å². The third-order valence-electron chi connectivity index (χ3n) is 4.67. The predicted molar refractivity (Wildman–Crippen MR) is 120 cm³/mol. The van der Waals surface area contributed by atoms with E-state index < -0.39 is 0 Å². The summed E-state index contributed by atoms with van der Waals surface area (Å²) in [5.74, 6) is 3.97. The van der Waals surface area contributed by atoms with Crippen LogP contribution in [0.1, 0.15) is 24.5 Å². The number of anilines is 4. The summed E-state index contributed by atoms with van der Waals surface area (Å²) in [7, 11) is 0. The number of halogens is 1. The minimum absolute atomic E-state index is 0.468. The summed E-state index contributed by atoms with van der Waals surface area (Å²) < 4.78 is 6.65. The van der Waals surface area contributed by atoms with E-state index in [1.807, 2.05) is 60.7 Å². The quantitative estimate of drug-likeness (QED) is 0.306. The summed E-state index contributed by atoms with van der Waals surface area (Å²) in [5.41, 5.74) is 1.99. The molecule has 0 bridgehead atoms. The first-order chi connectivity index (χ1) is 14.7. The number of benzene rings is 2. The zero-order valence-corrected chi connectivity index (χ0v) is 17.6. The highest BCUT2D eigenvalue weighted by Crippen LogP contribution is 2.39. The van der Waals surface area contributed by atoms with Crippen LogP contribution in [0, 0.1) is 0 Å². The first-order valence-corrected chi connectivity index (χ1v) is 10.5. The smallest absolute Gasteiger partial charge is 0.229 e. The maximum atomic E-state index is 5.89. The van der Waals surface area contributed by atoms with Gasteiger partial charge >= 0.3 is 0 Å². The number of hydrogen-bond donors (Lipinski definition) is 3. The van der Waals surface area contributed by atoms with Crippen LogP contribution in [0.15, 0.2) is 71.3 Å². The van der Waals surface area contributed by atoms with Gasteiger partial charge in [-0.1, -0.05) is 24.3 Å². The van der Waals surface area contributed by atoms with E-state index in [1.165, 1.54) is 12.8 Å². The van der Waals surface area contributed by atoms with Gasteiger partial charge in [0.2, 0.25) is 5.95 Å². The van der Waals surface area contributed by atoms with Crippen LogP contribution in [-0.2, 0) is 0 Å². The SMILES string of the molecule is Brc1cnc(Nc2cccc(Oc3ccccc3)c2)nc1Nc1cc(C2CC2)[nH]n1. The molecular formula is C22H19BrN6O. The maximum absolute atomic E-state index is 5.89. The summed E-state index contributed by atoms with van der Waals surface area (Å²) in [4.78, 5) is 8.93. The molecule has 4 aromatic rings. The van der Waals surface area contributed by atoms with Crippen LogP contribution in [0.2, 0.25) is 0 Å². The minimum atomic E-state index is 0.468. The van der Waals surface area contributed by atoms with Crippen LogP contribution in [0.25, 0.3) is 0 Å². The van der Waals surface area contributed by atoms with Gasteiger partial charge in [0, 0.05) is 35.6 Å². The normalized spacial score (nSPS) is 13.1. The monoisotopic (exact) mass is 462 g/mol. The molecule has 30 heavy (non-hydrogen) atoms. The molecule has 0 aliphatic heterocycles. The molecule has 2 aromatic carbocycles. The van der Waals surface area contributed by atoms with Crippen molar-refractivity contribution >= 4 is 39.2 Å². The highest BCUT2D eigenvalue weighted by Gasteiger charge is 2.25. The van der Waals surface area contributed by atoms with Gasteiger partial charge in [-0.05, 0) is 53.0 Å². The molecule has 0 unspecified atom stereocenters. The number of nitrogens with one attached hydrogen (secondary N) is 3. The van der Waals surface area contributed by atoms with Crippen molar-refractivity contribution in [3.8, 4) is 11.5 Å². The highest BCUT2D eigenvalue weighted by molar-refractivity contribution is 9.10. The number of aromatic nitrogens is 4. The Balaban J connectivity index is 1.31. The first kappa shape index (κ1) is 18.6. The van der Waals surface area contributed by atoms with E-state index in [4.69, 9.17) is 4.74 Å². The number of para-hydroxylation sites is 1. The molecule has 0 amide bonds. The van der Waals surface area contributed by atoms with Crippen molar-refractivity contribution in [2.24, 2.45) is 0 Å². The lowest BCUT2D eigenvalue weighted by molar-refractivity contribution is 0.483. The largest absolute Gasteiger partial charge is 0.457 e. The number of ether oxygens (including phenoxy) is 1. The summed E-state index contributed by atoms with van der Waals surface area (Å²) in [5, 5.41) is 13.9. The number of nitrogens with zero attached hydrogens (tertiary/aromatic N) is 3. The van der Waals surface area contributed by atoms with E-state index in [2.05, 4.69) is 46.7 Å². The van der Waals surface area contributed by atoms with Crippen LogP contribution in [0.3, 0.4) is 0 Å². The molecular weight excluding hydrogens is 444 g/mol. The fourth-order valence-corrected chi connectivity index (χ4v) is 3.32. The molecule has 5 rings (SSSR count). The van der Waals surface area contributed by atoms with Gasteiger partial charge < -0.3 is 15.4 Å². The van der Waals surface area contributed by atoms with Crippen molar-refractivity contribution < 1.29 is 4.74 Å². The average molecular weight is 463 g/mol. The topological polar surface area (TPSA) is 87.8 Å². The second kappa shape index (κ2) is 8.16. The number of H-pyrrole nitrogens is 1. The van der Waals surface area contributed by atoms with Crippen LogP contribution >= 0.6 is 15.9 Å². The molecule has 150 valence electrons. The highest BCUT2D eigenvalue weighted by atomic mass is 79.9. The Kier molecular flexibility index (Phi) is 5.06.